The normalized spacial score (nSPS) is 17.4. The molecule has 3 N–H and O–H groups in total. The van der Waals surface area contributed by atoms with E-state index in [1.807, 2.05) is 18.2 Å². The number of anilines is 1. The number of aromatic hydroxyl groups is 2. The molecule has 1 saturated heterocycles. The molecule has 1 heterocycles. The minimum absolute atomic E-state index is 0.0211. The van der Waals surface area contributed by atoms with Gasteiger partial charge in [-0.05, 0) is 30.6 Å². The van der Waals surface area contributed by atoms with Gasteiger partial charge in [-0.3, -0.25) is 14.5 Å². The Kier molecular flexibility index (Phi) is 5.30. The number of fused-ring (bicyclic) bond motifs is 1. The predicted octanol–water partition coefficient (Wildman–Crippen LogP) is 3.76. The molecular weight excluding hydrogens is 392 g/mol. The van der Waals surface area contributed by atoms with Gasteiger partial charge >= 0.3 is 0 Å². The molecule has 0 saturated carbocycles. The minimum atomic E-state index is -0.560. The first-order chi connectivity index (χ1) is 14.0. The molecule has 150 valence electrons. The highest BCUT2D eigenvalue weighted by molar-refractivity contribution is 6.37. The fourth-order valence-electron chi connectivity index (χ4n) is 3.90. The van der Waals surface area contributed by atoms with Gasteiger partial charge in [0, 0.05) is 25.7 Å². The summed E-state index contributed by atoms with van der Waals surface area (Å²) in [5.74, 6) is -1.97. The van der Waals surface area contributed by atoms with Crippen molar-refractivity contribution in [1.82, 2.24) is 4.90 Å². The molecule has 1 aliphatic heterocycles. The van der Waals surface area contributed by atoms with Gasteiger partial charge in [-0.2, -0.15) is 0 Å². The average Bonchev–Trinajstić information content (AvgIpc) is 2.73. The average molecular weight is 413 g/mol. The quantitative estimate of drug-likeness (QED) is 0.523. The van der Waals surface area contributed by atoms with E-state index >= 15 is 0 Å². The molecule has 0 amide bonds. The first-order valence-corrected chi connectivity index (χ1v) is 9.90. The van der Waals surface area contributed by atoms with E-state index in [-0.39, 0.29) is 27.9 Å². The van der Waals surface area contributed by atoms with E-state index in [0.29, 0.717) is 0 Å². The van der Waals surface area contributed by atoms with Crippen LogP contribution in [-0.2, 0) is 6.54 Å². The Hall–Kier alpha value is -2.83. The van der Waals surface area contributed by atoms with E-state index in [1.54, 1.807) is 0 Å². The number of benzene rings is 2. The second kappa shape index (κ2) is 7.89. The lowest BCUT2D eigenvalue weighted by Crippen LogP contribution is -2.38. The van der Waals surface area contributed by atoms with E-state index in [2.05, 4.69) is 22.3 Å². The highest BCUT2D eigenvalue weighted by Gasteiger charge is 2.32. The van der Waals surface area contributed by atoms with Gasteiger partial charge in [0.25, 0.3) is 0 Å². The van der Waals surface area contributed by atoms with Gasteiger partial charge in [0.2, 0.25) is 0 Å². The number of carbonyl (C=O) groups excluding carboxylic acids is 2. The van der Waals surface area contributed by atoms with Crippen molar-refractivity contribution in [2.24, 2.45) is 0 Å². The first-order valence-electron chi connectivity index (χ1n) is 9.52. The zero-order valence-corrected chi connectivity index (χ0v) is 16.4. The maximum Gasteiger partial charge on any atom is 0.190 e. The van der Waals surface area contributed by atoms with Gasteiger partial charge in [0.05, 0.1) is 11.1 Å². The number of nitrogens with zero attached hydrogens (tertiary/aromatic N) is 1. The lowest BCUT2D eigenvalue weighted by atomic mass is 9.91. The number of phenols is 2. The van der Waals surface area contributed by atoms with Crippen molar-refractivity contribution < 1.29 is 19.8 Å². The van der Waals surface area contributed by atoms with Crippen LogP contribution in [0.4, 0.5) is 5.69 Å². The number of halogens is 1. The monoisotopic (exact) mass is 412 g/mol. The van der Waals surface area contributed by atoms with Crippen molar-refractivity contribution in [2.45, 2.75) is 25.4 Å². The second-order valence-electron chi connectivity index (χ2n) is 7.38. The summed E-state index contributed by atoms with van der Waals surface area (Å²) in [5.41, 5.74) is 0.906. The SMILES string of the molecule is O=C1C=CC(=O)c2c(O)c(NC3CCN(Cc4ccccc4)CC3)c(Cl)c(O)c21. The van der Waals surface area contributed by atoms with Crippen molar-refractivity contribution >= 4 is 28.9 Å². The van der Waals surface area contributed by atoms with Crippen LogP contribution < -0.4 is 5.32 Å². The van der Waals surface area contributed by atoms with E-state index in [4.69, 9.17) is 11.6 Å². The van der Waals surface area contributed by atoms with Crippen LogP contribution in [0, 0.1) is 0 Å². The third kappa shape index (κ3) is 3.73. The van der Waals surface area contributed by atoms with Crippen LogP contribution in [0.1, 0.15) is 39.1 Å². The summed E-state index contributed by atoms with van der Waals surface area (Å²) >= 11 is 6.23. The minimum Gasteiger partial charge on any atom is -0.505 e. The third-order valence-electron chi connectivity index (χ3n) is 5.45. The molecule has 7 heteroatoms. The number of likely N-dealkylation sites (tertiary alicyclic amines) is 1. The Morgan fingerprint density at radius 2 is 1.55 bits per heavy atom. The Balaban J connectivity index is 1.50. The molecule has 0 bridgehead atoms. The van der Waals surface area contributed by atoms with Gasteiger partial charge < -0.3 is 15.5 Å². The van der Waals surface area contributed by atoms with Crippen LogP contribution in [0.2, 0.25) is 5.02 Å². The molecule has 4 rings (SSSR count). The molecule has 29 heavy (non-hydrogen) atoms. The molecule has 2 aromatic rings. The van der Waals surface area contributed by atoms with Gasteiger partial charge in [0.1, 0.15) is 16.5 Å². The van der Waals surface area contributed by atoms with Crippen LogP contribution in [0.25, 0.3) is 0 Å². The van der Waals surface area contributed by atoms with Gasteiger partial charge in [-0.1, -0.05) is 41.9 Å². The zero-order chi connectivity index (χ0) is 20.5. The summed E-state index contributed by atoms with van der Waals surface area (Å²) in [6.07, 6.45) is 3.78. The third-order valence-corrected chi connectivity index (χ3v) is 5.82. The number of allylic oxidation sites excluding steroid dienone is 2. The summed E-state index contributed by atoms with van der Waals surface area (Å²) in [7, 11) is 0. The first kappa shape index (κ1) is 19.5. The Morgan fingerprint density at radius 3 is 2.17 bits per heavy atom. The number of phenolic OH excluding ortho intramolecular Hbond substituents is 2. The Bertz CT molecular complexity index is 996. The number of rotatable bonds is 4. The standard InChI is InChI=1S/C22H21ClN2O4/c23-19-20(22(29)18-16(27)7-6-15(26)17(18)21(19)28)24-14-8-10-25(11-9-14)12-13-4-2-1-3-5-13/h1-7,14,24,28-29H,8-12H2. The second-order valence-corrected chi connectivity index (χ2v) is 7.76. The van der Waals surface area contributed by atoms with Crippen molar-refractivity contribution in [3.05, 3.63) is 64.2 Å². The van der Waals surface area contributed by atoms with Crippen molar-refractivity contribution in [3.8, 4) is 11.5 Å². The highest BCUT2D eigenvalue weighted by atomic mass is 35.5. The molecular formula is C22H21ClN2O4. The molecule has 0 aromatic heterocycles. The summed E-state index contributed by atoms with van der Waals surface area (Å²) in [5, 5.41) is 24.0. The van der Waals surface area contributed by atoms with E-state index in [1.165, 1.54) is 5.56 Å². The molecule has 1 aliphatic carbocycles. The van der Waals surface area contributed by atoms with Crippen molar-refractivity contribution in [2.75, 3.05) is 18.4 Å². The molecule has 0 atom stereocenters. The molecule has 0 unspecified atom stereocenters. The van der Waals surface area contributed by atoms with Crippen molar-refractivity contribution in [3.63, 3.8) is 0 Å². The summed E-state index contributed by atoms with van der Waals surface area (Å²) in [6.45, 7) is 2.60. The Labute approximate surface area is 173 Å². The van der Waals surface area contributed by atoms with Gasteiger partial charge in [0.15, 0.2) is 17.3 Å². The molecule has 6 nitrogen and oxygen atoms in total. The smallest absolute Gasteiger partial charge is 0.190 e. The number of hydrogen-bond acceptors (Lipinski definition) is 6. The summed E-state index contributed by atoms with van der Waals surface area (Å²) in [4.78, 5) is 26.6. The number of ketones is 2. The van der Waals surface area contributed by atoms with Crippen LogP contribution in [0.15, 0.2) is 42.5 Å². The number of carbonyl (C=O) groups is 2. The molecule has 2 aliphatic rings. The Morgan fingerprint density at radius 1 is 0.966 bits per heavy atom. The number of piperidine rings is 1. The molecule has 2 aromatic carbocycles. The largest absolute Gasteiger partial charge is 0.505 e. The maximum absolute atomic E-state index is 12.2. The van der Waals surface area contributed by atoms with Crippen LogP contribution in [0.3, 0.4) is 0 Å². The van der Waals surface area contributed by atoms with Crippen LogP contribution >= 0.6 is 11.6 Å². The van der Waals surface area contributed by atoms with E-state index in [9.17, 15) is 19.8 Å². The van der Waals surface area contributed by atoms with E-state index < -0.39 is 23.1 Å². The fourth-order valence-corrected chi connectivity index (χ4v) is 4.14. The van der Waals surface area contributed by atoms with Gasteiger partial charge in [-0.25, -0.2) is 0 Å². The zero-order valence-electron chi connectivity index (χ0n) is 15.7. The summed E-state index contributed by atoms with van der Waals surface area (Å²) < 4.78 is 0. The summed E-state index contributed by atoms with van der Waals surface area (Å²) in [6, 6.07) is 10.3. The number of hydrogen-bond donors (Lipinski definition) is 3. The maximum atomic E-state index is 12.2. The van der Waals surface area contributed by atoms with Crippen molar-refractivity contribution in [1.29, 1.82) is 0 Å². The van der Waals surface area contributed by atoms with E-state index in [0.717, 1.165) is 44.6 Å². The number of nitrogens with one attached hydrogen (secondary N) is 1. The molecule has 0 radical (unpaired) electrons. The van der Waals surface area contributed by atoms with Gasteiger partial charge in [-0.15, -0.1) is 0 Å². The molecule has 0 spiro atoms. The lowest BCUT2D eigenvalue weighted by Gasteiger charge is -2.33. The highest BCUT2D eigenvalue weighted by Crippen LogP contribution is 2.46. The fraction of sp³-hybridized carbons (Fsp3) is 0.273. The lowest BCUT2D eigenvalue weighted by molar-refractivity contribution is 0.0989. The molecule has 1 fully saturated rings. The topological polar surface area (TPSA) is 89.9 Å². The van der Waals surface area contributed by atoms with Crippen LogP contribution in [0.5, 0.6) is 11.5 Å². The van der Waals surface area contributed by atoms with Crippen LogP contribution in [-0.4, -0.2) is 45.8 Å². The predicted molar refractivity (Wildman–Crippen MR) is 111 cm³/mol.